The molecule has 0 aliphatic heterocycles. The first-order chi connectivity index (χ1) is 16.6. The molecule has 0 saturated heterocycles. The molecule has 2 aliphatic rings. The van der Waals surface area contributed by atoms with E-state index >= 15 is 0 Å². The quantitative estimate of drug-likeness (QED) is 0.540. The minimum absolute atomic E-state index is 0.00609. The Kier molecular flexibility index (Phi) is 9.25. The highest BCUT2D eigenvalue weighted by Gasteiger charge is 2.32. The fourth-order valence-corrected chi connectivity index (χ4v) is 5.31. The maximum absolute atomic E-state index is 12.1. The molecule has 0 radical (unpaired) electrons. The monoisotopic (exact) mass is 477 g/mol. The first-order valence-electron chi connectivity index (χ1n) is 12.8. The number of amides is 1. The summed E-state index contributed by atoms with van der Waals surface area (Å²) in [5.41, 5.74) is 5.16. The highest BCUT2D eigenvalue weighted by molar-refractivity contribution is 5.88. The van der Waals surface area contributed by atoms with Crippen molar-refractivity contribution in [1.29, 1.82) is 0 Å². The van der Waals surface area contributed by atoms with Gasteiger partial charge in [-0.3, -0.25) is 14.4 Å². The van der Waals surface area contributed by atoms with E-state index in [1.807, 2.05) is 0 Å². The Labute approximate surface area is 209 Å². The Morgan fingerprint density at radius 1 is 0.829 bits per heavy atom. The predicted molar refractivity (Wildman–Crippen MR) is 138 cm³/mol. The van der Waals surface area contributed by atoms with Crippen LogP contribution in [0, 0.1) is 25.7 Å². The van der Waals surface area contributed by atoms with Crippen molar-refractivity contribution in [2.75, 3.05) is 0 Å². The molecule has 35 heavy (non-hydrogen) atoms. The number of nitrogens with one attached hydrogen (secondary N) is 1. The van der Waals surface area contributed by atoms with Crippen molar-refractivity contribution in [3.05, 3.63) is 70.8 Å². The zero-order valence-corrected chi connectivity index (χ0v) is 21.4. The molecule has 5 heteroatoms. The van der Waals surface area contributed by atoms with Gasteiger partial charge in [0.25, 0.3) is 0 Å². The number of rotatable bonds is 6. The predicted octanol–water partition coefficient (Wildman–Crippen LogP) is 5.94. The molecular weight excluding hydrogens is 438 g/mol. The number of ketones is 1. The molecule has 0 bridgehead atoms. The SMILES string of the molecule is CC(=O)[C@H](C)NC(=O)[C@@H]1CCC(c2cccc(C)c2)C1.Cc1cccc([C@H]2CC[C@@H](C(=O)O)C2)c1. The molecular formula is C30H39NO4. The van der Waals surface area contributed by atoms with E-state index in [2.05, 4.69) is 67.7 Å². The van der Waals surface area contributed by atoms with Crippen molar-refractivity contribution in [3.8, 4) is 0 Å². The van der Waals surface area contributed by atoms with Crippen LogP contribution in [0.5, 0.6) is 0 Å². The van der Waals surface area contributed by atoms with E-state index < -0.39 is 5.97 Å². The van der Waals surface area contributed by atoms with Gasteiger partial charge in [0.15, 0.2) is 5.78 Å². The Bertz CT molecular complexity index is 1050. The summed E-state index contributed by atoms with van der Waals surface area (Å²) < 4.78 is 0. The van der Waals surface area contributed by atoms with Crippen molar-refractivity contribution >= 4 is 17.7 Å². The molecule has 2 aliphatic carbocycles. The van der Waals surface area contributed by atoms with Crippen LogP contribution in [0.15, 0.2) is 48.5 Å². The lowest BCUT2D eigenvalue weighted by atomic mass is 9.95. The van der Waals surface area contributed by atoms with E-state index in [1.54, 1.807) is 6.92 Å². The lowest BCUT2D eigenvalue weighted by molar-refractivity contribution is -0.141. The maximum atomic E-state index is 12.1. The Hall–Kier alpha value is -2.95. The van der Waals surface area contributed by atoms with Crippen LogP contribution in [0.2, 0.25) is 0 Å². The van der Waals surface area contributed by atoms with Gasteiger partial charge in [-0.15, -0.1) is 0 Å². The third kappa shape index (κ3) is 7.51. The van der Waals surface area contributed by atoms with Gasteiger partial charge in [-0.05, 0) is 89.2 Å². The molecule has 5 atom stereocenters. The number of carbonyl (C=O) groups is 3. The fourth-order valence-electron chi connectivity index (χ4n) is 5.31. The average Bonchev–Trinajstić information content (AvgIpc) is 3.50. The van der Waals surface area contributed by atoms with E-state index in [0.717, 1.165) is 38.5 Å². The summed E-state index contributed by atoms with van der Waals surface area (Å²) in [7, 11) is 0. The Balaban J connectivity index is 0.000000203. The van der Waals surface area contributed by atoms with Gasteiger partial charge in [0, 0.05) is 5.92 Å². The van der Waals surface area contributed by atoms with Gasteiger partial charge in [0.05, 0.1) is 12.0 Å². The van der Waals surface area contributed by atoms with Crippen LogP contribution in [-0.2, 0) is 14.4 Å². The fraction of sp³-hybridized carbons (Fsp3) is 0.500. The number of aryl methyl sites for hydroxylation is 2. The number of aliphatic carboxylic acids is 1. The summed E-state index contributed by atoms with van der Waals surface area (Å²) in [6, 6.07) is 16.6. The van der Waals surface area contributed by atoms with E-state index in [0.29, 0.717) is 11.8 Å². The second-order valence-corrected chi connectivity index (χ2v) is 10.4. The zero-order chi connectivity index (χ0) is 25.5. The summed E-state index contributed by atoms with van der Waals surface area (Å²) in [6.07, 6.45) is 5.50. The van der Waals surface area contributed by atoms with Crippen LogP contribution in [-0.4, -0.2) is 28.8 Å². The highest BCUT2D eigenvalue weighted by atomic mass is 16.4. The Morgan fingerprint density at radius 2 is 1.31 bits per heavy atom. The van der Waals surface area contributed by atoms with Crippen molar-refractivity contribution in [2.45, 2.75) is 84.1 Å². The smallest absolute Gasteiger partial charge is 0.306 e. The van der Waals surface area contributed by atoms with Gasteiger partial charge in [-0.25, -0.2) is 0 Å². The molecule has 0 heterocycles. The summed E-state index contributed by atoms with van der Waals surface area (Å²) in [5.74, 6) is 0.238. The van der Waals surface area contributed by atoms with Crippen LogP contribution in [0.3, 0.4) is 0 Å². The molecule has 5 nitrogen and oxygen atoms in total. The maximum Gasteiger partial charge on any atom is 0.306 e. The molecule has 2 aromatic carbocycles. The van der Waals surface area contributed by atoms with Gasteiger partial charge in [0.2, 0.25) is 5.91 Å². The van der Waals surface area contributed by atoms with Crippen molar-refractivity contribution in [1.82, 2.24) is 5.32 Å². The number of hydrogen-bond donors (Lipinski definition) is 2. The summed E-state index contributed by atoms with van der Waals surface area (Å²) in [6.45, 7) is 7.42. The minimum atomic E-state index is -0.634. The lowest BCUT2D eigenvalue weighted by Crippen LogP contribution is -2.40. The molecule has 2 aromatic rings. The van der Waals surface area contributed by atoms with E-state index in [4.69, 9.17) is 5.11 Å². The van der Waals surface area contributed by atoms with Gasteiger partial charge in [-0.1, -0.05) is 59.7 Å². The molecule has 1 unspecified atom stereocenters. The third-order valence-electron chi connectivity index (χ3n) is 7.58. The molecule has 1 amide bonds. The van der Waals surface area contributed by atoms with Crippen molar-refractivity contribution in [3.63, 3.8) is 0 Å². The van der Waals surface area contributed by atoms with Crippen molar-refractivity contribution in [2.24, 2.45) is 11.8 Å². The average molecular weight is 478 g/mol. The van der Waals surface area contributed by atoms with E-state index in [1.165, 1.54) is 29.2 Å². The highest BCUT2D eigenvalue weighted by Crippen LogP contribution is 2.39. The first kappa shape index (κ1) is 26.7. The van der Waals surface area contributed by atoms with Crippen LogP contribution in [0.1, 0.15) is 86.5 Å². The van der Waals surface area contributed by atoms with Crippen LogP contribution < -0.4 is 5.32 Å². The molecule has 0 spiro atoms. The summed E-state index contributed by atoms with van der Waals surface area (Å²) >= 11 is 0. The Morgan fingerprint density at radius 3 is 1.74 bits per heavy atom. The van der Waals surface area contributed by atoms with Crippen LogP contribution in [0.4, 0.5) is 0 Å². The molecule has 188 valence electrons. The van der Waals surface area contributed by atoms with Crippen molar-refractivity contribution < 1.29 is 19.5 Å². The van der Waals surface area contributed by atoms with E-state index in [-0.39, 0.29) is 29.6 Å². The number of carboxylic acid groups (broad SMARTS) is 1. The number of carboxylic acids is 1. The molecule has 2 saturated carbocycles. The molecule has 0 aromatic heterocycles. The van der Waals surface area contributed by atoms with Gasteiger partial charge >= 0.3 is 5.97 Å². The van der Waals surface area contributed by atoms with Gasteiger partial charge < -0.3 is 10.4 Å². The lowest BCUT2D eigenvalue weighted by Gasteiger charge is -2.15. The normalized spacial score (nSPS) is 24.2. The number of carbonyl (C=O) groups excluding carboxylic acids is 2. The third-order valence-corrected chi connectivity index (χ3v) is 7.58. The molecule has 2 fully saturated rings. The first-order valence-corrected chi connectivity index (χ1v) is 12.8. The largest absolute Gasteiger partial charge is 0.481 e. The number of hydrogen-bond acceptors (Lipinski definition) is 3. The van der Waals surface area contributed by atoms with Gasteiger partial charge in [-0.2, -0.15) is 0 Å². The minimum Gasteiger partial charge on any atom is -0.481 e. The van der Waals surface area contributed by atoms with Gasteiger partial charge in [0.1, 0.15) is 0 Å². The number of Topliss-reactive ketones (excluding diaryl/α,β-unsaturated/α-hetero) is 1. The zero-order valence-electron chi connectivity index (χ0n) is 21.4. The summed E-state index contributed by atoms with van der Waals surface area (Å²) in [4.78, 5) is 34.2. The summed E-state index contributed by atoms with van der Waals surface area (Å²) in [5, 5.41) is 11.7. The second-order valence-electron chi connectivity index (χ2n) is 10.4. The molecule has 2 N–H and O–H groups in total. The number of benzene rings is 2. The molecule has 4 rings (SSSR count). The van der Waals surface area contributed by atoms with Crippen LogP contribution >= 0.6 is 0 Å². The standard InChI is InChI=1S/C17H23NO2.C13H16O2/c1-11-5-4-6-14(9-11)15-7-8-16(10-15)17(20)18-12(2)13(3)19;1-9-3-2-4-10(7-9)11-5-6-12(8-11)13(14)15/h4-6,9,12,15-16H,7-8,10H2,1-3H3,(H,18,20);2-4,7,11-12H,5-6,8H2,1H3,(H,14,15)/t12-,15?,16+;11-,12+/m00/s1. The second kappa shape index (κ2) is 12.1. The van der Waals surface area contributed by atoms with E-state index in [9.17, 15) is 14.4 Å². The topological polar surface area (TPSA) is 83.5 Å². The van der Waals surface area contributed by atoms with Crippen LogP contribution in [0.25, 0.3) is 0 Å².